The second-order valence-electron chi connectivity index (χ2n) is 8.20. The minimum atomic E-state index is -0.619. The summed E-state index contributed by atoms with van der Waals surface area (Å²) in [4.78, 5) is 26.8. The number of hydrogen-bond donors (Lipinski definition) is 1. The highest BCUT2D eigenvalue weighted by Gasteiger charge is 2.32. The molecule has 0 saturated carbocycles. The van der Waals surface area contributed by atoms with Crippen LogP contribution in [-0.4, -0.2) is 66.2 Å². The summed E-state index contributed by atoms with van der Waals surface area (Å²) in [6.07, 6.45) is -0.674. The molecule has 2 aliphatic rings. The number of halogens is 1. The number of ether oxygens (including phenoxy) is 3. The Morgan fingerprint density at radius 3 is 2.55 bits per heavy atom. The van der Waals surface area contributed by atoms with Crippen LogP contribution in [-0.2, 0) is 9.47 Å². The lowest BCUT2D eigenvalue weighted by molar-refractivity contribution is 0.0123. The van der Waals surface area contributed by atoms with Crippen molar-refractivity contribution in [1.82, 2.24) is 4.90 Å². The van der Waals surface area contributed by atoms with Crippen molar-refractivity contribution in [2.75, 3.05) is 31.1 Å². The zero-order valence-corrected chi connectivity index (χ0v) is 16.9. The number of piperidine rings is 1. The number of cyclic esters (lactones) is 1. The monoisotopic (exact) mass is 410 g/mol. The molecule has 0 aliphatic carbocycles. The third-order valence-corrected chi connectivity index (χ3v) is 4.69. The predicted octanol–water partition coefficient (Wildman–Crippen LogP) is 2.92. The summed E-state index contributed by atoms with van der Waals surface area (Å²) in [5.74, 6) is -0.493. The molecule has 0 spiro atoms. The van der Waals surface area contributed by atoms with Crippen LogP contribution in [0.4, 0.5) is 19.7 Å². The van der Waals surface area contributed by atoms with Crippen LogP contribution in [0.1, 0.15) is 33.6 Å². The average molecular weight is 410 g/mol. The molecule has 2 amide bonds. The van der Waals surface area contributed by atoms with Crippen molar-refractivity contribution in [2.24, 2.45) is 0 Å². The zero-order chi connectivity index (χ0) is 21.2. The molecule has 9 heteroatoms. The molecule has 1 atom stereocenters. The van der Waals surface area contributed by atoms with E-state index in [1.165, 1.54) is 17.0 Å². The van der Waals surface area contributed by atoms with Crippen molar-refractivity contribution in [3.8, 4) is 5.75 Å². The average Bonchev–Trinajstić information content (AvgIpc) is 3.03. The summed E-state index contributed by atoms with van der Waals surface area (Å²) in [7, 11) is 0. The van der Waals surface area contributed by atoms with Gasteiger partial charge in [-0.05, 0) is 32.9 Å². The van der Waals surface area contributed by atoms with E-state index in [-0.39, 0.29) is 31.1 Å². The Bertz CT molecular complexity index is 758. The van der Waals surface area contributed by atoms with Crippen molar-refractivity contribution in [3.63, 3.8) is 0 Å². The SMILES string of the molecule is CC(C)(C)OC(=O)N1CCC(Oc2ccc(N3CC(CO)OC3=O)cc2F)CC1. The standard InChI is InChI=1S/C20H27FN2O6/c1-20(2,3)29-18(25)22-8-6-14(7-9-22)27-17-5-4-13(10-16(17)21)23-11-15(12-24)28-19(23)26/h4-5,10,14-15,24H,6-9,11-12H2,1-3H3. The maximum atomic E-state index is 14.5. The summed E-state index contributed by atoms with van der Waals surface area (Å²) >= 11 is 0. The molecular formula is C20H27FN2O6. The minimum absolute atomic E-state index is 0.0933. The van der Waals surface area contributed by atoms with E-state index in [2.05, 4.69) is 0 Å². The number of hydrogen-bond acceptors (Lipinski definition) is 6. The Hall–Kier alpha value is -2.55. The molecule has 3 rings (SSSR count). The molecule has 2 heterocycles. The largest absolute Gasteiger partial charge is 0.487 e. The van der Waals surface area contributed by atoms with E-state index >= 15 is 0 Å². The molecule has 2 aliphatic heterocycles. The smallest absolute Gasteiger partial charge is 0.414 e. The molecule has 0 aromatic heterocycles. The van der Waals surface area contributed by atoms with Crippen LogP contribution in [0.5, 0.6) is 5.75 Å². The number of amides is 2. The number of aliphatic hydroxyl groups excluding tert-OH is 1. The fourth-order valence-corrected chi connectivity index (χ4v) is 3.24. The van der Waals surface area contributed by atoms with Crippen molar-refractivity contribution < 1.29 is 33.3 Å². The highest BCUT2D eigenvalue weighted by atomic mass is 19.1. The van der Waals surface area contributed by atoms with Gasteiger partial charge in [-0.1, -0.05) is 0 Å². The summed E-state index contributed by atoms with van der Waals surface area (Å²) in [6.45, 7) is 6.28. The van der Waals surface area contributed by atoms with E-state index in [9.17, 15) is 14.0 Å². The van der Waals surface area contributed by atoms with Gasteiger partial charge in [0.2, 0.25) is 0 Å². The molecule has 1 aromatic carbocycles. The number of carbonyl (C=O) groups is 2. The fraction of sp³-hybridized carbons (Fsp3) is 0.600. The Morgan fingerprint density at radius 1 is 1.31 bits per heavy atom. The first-order chi connectivity index (χ1) is 13.7. The molecule has 160 valence electrons. The van der Waals surface area contributed by atoms with Crippen molar-refractivity contribution in [1.29, 1.82) is 0 Å². The topological polar surface area (TPSA) is 88.5 Å². The first kappa shape index (κ1) is 21.2. The van der Waals surface area contributed by atoms with Crippen LogP contribution >= 0.6 is 0 Å². The molecule has 8 nitrogen and oxygen atoms in total. The van der Waals surface area contributed by atoms with E-state index in [0.717, 1.165) is 0 Å². The number of rotatable bonds is 4. The summed E-state index contributed by atoms with van der Waals surface area (Å²) in [5, 5.41) is 9.11. The van der Waals surface area contributed by atoms with Crippen molar-refractivity contribution >= 4 is 17.9 Å². The Kier molecular flexibility index (Phi) is 6.16. The van der Waals surface area contributed by atoms with Gasteiger partial charge < -0.3 is 24.2 Å². The Morgan fingerprint density at radius 2 is 2.00 bits per heavy atom. The van der Waals surface area contributed by atoms with Gasteiger partial charge in [0.15, 0.2) is 11.6 Å². The van der Waals surface area contributed by atoms with Gasteiger partial charge in [-0.15, -0.1) is 0 Å². The lowest BCUT2D eigenvalue weighted by Gasteiger charge is -2.33. The number of carbonyl (C=O) groups excluding carboxylic acids is 2. The van der Waals surface area contributed by atoms with Crippen molar-refractivity contribution in [3.05, 3.63) is 24.0 Å². The third kappa shape index (κ3) is 5.29. The Labute approximate surface area is 169 Å². The molecule has 29 heavy (non-hydrogen) atoms. The fourth-order valence-electron chi connectivity index (χ4n) is 3.24. The molecule has 2 saturated heterocycles. The minimum Gasteiger partial charge on any atom is -0.487 e. The van der Waals surface area contributed by atoms with Gasteiger partial charge in [-0.2, -0.15) is 0 Å². The summed E-state index contributed by atoms with van der Waals surface area (Å²) in [5.41, 5.74) is -0.204. The van der Waals surface area contributed by atoms with Crippen LogP contribution in [0, 0.1) is 5.82 Å². The van der Waals surface area contributed by atoms with Crippen LogP contribution in [0.2, 0.25) is 0 Å². The first-order valence-electron chi connectivity index (χ1n) is 9.69. The number of aliphatic hydroxyl groups is 1. The molecular weight excluding hydrogens is 383 g/mol. The number of likely N-dealkylation sites (tertiary alicyclic amines) is 1. The molecule has 2 fully saturated rings. The van der Waals surface area contributed by atoms with Gasteiger partial charge in [0.05, 0.1) is 18.8 Å². The van der Waals surface area contributed by atoms with Gasteiger partial charge in [0.25, 0.3) is 0 Å². The molecule has 1 N–H and O–H groups in total. The van der Waals surface area contributed by atoms with E-state index < -0.39 is 23.6 Å². The van der Waals surface area contributed by atoms with E-state index in [4.69, 9.17) is 19.3 Å². The number of anilines is 1. The second kappa shape index (κ2) is 8.44. The van der Waals surface area contributed by atoms with Gasteiger partial charge in [-0.25, -0.2) is 14.0 Å². The lowest BCUT2D eigenvalue weighted by atomic mass is 10.1. The molecule has 1 aromatic rings. The molecule has 1 unspecified atom stereocenters. The highest BCUT2D eigenvalue weighted by molar-refractivity contribution is 5.89. The lowest BCUT2D eigenvalue weighted by Crippen LogP contribution is -2.44. The maximum Gasteiger partial charge on any atom is 0.414 e. The Balaban J connectivity index is 1.55. The quantitative estimate of drug-likeness (QED) is 0.821. The maximum absolute atomic E-state index is 14.5. The highest BCUT2D eigenvalue weighted by Crippen LogP contribution is 2.29. The van der Waals surface area contributed by atoms with Crippen LogP contribution < -0.4 is 9.64 Å². The number of benzene rings is 1. The number of nitrogens with zero attached hydrogens (tertiary/aromatic N) is 2. The van der Waals surface area contributed by atoms with Crippen molar-refractivity contribution in [2.45, 2.75) is 51.4 Å². The normalized spacial score (nSPS) is 20.6. The molecule has 0 radical (unpaired) electrons. The van der Waals surface area contributed by atoms with Crippen LogP contribution in [0.25, 0.3) is 0 Å². The van der Waals surface area contributed by atoms with Gasteiger partial charge >= 0.3 is 12.2 Å². The molecule has 0 bridgehead atoms. The van der Waals surface area contributed by atoms with Gasteiger partial charge in [0, 0.05) is 32.0 Å². The summed E-state index contributed by atoms with van der Waals surface area (Å²) in [6, 6.07) is 4.27. The van der Waals surface area contributed by atoms with Crippen LogP contribution in [0.3, 0.4) is 0 Å². The van der Waals surface area contributed by atoms with E-state index in [0.29, 0.717) is 31.6 Å². The second-order valence-corrected chi connectivity index (χ2v) is 8.20. The summed E-state index contributed by atoms with van der Waals surface area (Å²) < 4.78 is 30.6. The first-order valence-corrected chi connectivity index (χ1v) is 9.69. The van der Waals surface area contributed by atoms with Gasteiger partial charge in [-0.3, -0.25) is 4.90 Å². The zero-order valence-electron chi connectivity index (χ0n) is 16.9. The van der Waals surface area contributed by atoms with Crippen LogP contribution in [0.15, 0.2) is 18.2 Å². The predicted molar refractivity (Wildman–Crippen MR) is 103 cm³/mol. The third-order valence-electron chi connectivity index (χ3n) is 4.69. The van der Waals surface area contributed by atoms with E-state index in [1.807, 2.05) is 20.8 Å². The van der Waals surface area contributed by atoms with E-state index in [1.54, 1.807) is 11.0 Å². The van der Waals surface area contributed by atoms with Gasteiger partial charge in [0.1, 0.15) is 17.8 Å².